The molecule has 4 heteroatoms. The number of nitrogens with zero attached hydrogens (tertiary/aromatic N) is 2. The molecular weight excluding hydrogens is 192 g/mol. The van der Waals surface area contributed by atoms with Crippen LogP contribution in [-0.4, -0.2) is 23.7 Å². The third kappa shape index (κ3) is 3.50. The largest absolute Gasteiger partial charge is 0.315 e. The Morgan fingerprint density at radius 2 is 1.87 bits per heavy atom. The predicted molar refractivity (Wildman–Crippen MR) is 57.6 cm³/mol. The van der Waals surface area contributed by atoms with E-state index in [0.29, 0.717) is 6.42 Å². The standard InChI is InChI=1S/C11H14N2O2/c1-9(14)3-4-11(15)13(2)10-5-7-12-8-6-10/h5-8H,3-4H2,1-2H3. The molecule has 1 aromatic heterocycles. The van der Waals surface area contributed by atoms with Gasteiger partial charge in [-0.05, 0) is 19.1 Å². The van der Waals surface area contributed by atoms with E-state index in [9.17, 15) is 9.59 Å². The van der Waals surface area contributed by atoms with Crippen LogP contribution in [0.3, 0.4) is 0 Å². The number of hydrogen-bond acceptors (Lipinski definition) is 3. The number of carbonyl (C=O) groups is 2. The lowest BCUT2D eigenvalue weighted by Gasteiger charge is -2.16. The SMILES string of the molecule is CC(=O)CCC(=O)N(C)c1ccncc1. The lowest BCUT2D eigenvalue weighted by Crippen LogP contribution is -2.26. The van der Waals surface area contributed by atoms with Gasteiger partial charge in [0, 0.05) is 38.0 Å². The minimum Gasteiger partial charge on any atom is -0.315 e. The molecule has 0 aliphatic rings. The molecule has 0 aliphatic heterocycles. The molecular formula is C11H14N2O2. The topological polar surface area (TPSA) is 50.3 Å². The van der Waals surface area contributed by atoms with Crippen LogP contribution in [0.15, 0.2) is 24.5 Å². The predicted octanol–water partition coefficient (Wildman–Crippen LogP) is 1.41. The van der Waals surface area contributed by atoms with E-state index in [4.69, 9.17) is 0 Å². The van der Waals surface area contributed by atoms with Gasteiger partial charge in [-0.2, -0.15) is 0 Å². The molecule has 0 saturated heterocycles. The van der Waals surface area contributed by atoms with Crippen molar-refractivity contribution in [2.45, 2.75) is 19.8 Å². The zero-order valence-corrected chi connectivity index (χ0v) is 8.93. The molecule has 1 amide bonds. The van der Waals surface area contributed by atoms with Crippen LogP contribution in [0.25, 0.3) is 0 Å². The average molecular weight is 206 g/mol. The second-order valence-corrected chi connectivity index (χ2v) is 3.36. The third-order valence-electron chi connectivity index (χ3n) is 2.12. The number of pyridine rings is 1. The summed E-state index contributed by atoms with van der Waals surface area (Å²) in [6.07, 6.45) is 3.82. The maximum absolute atomic E-state index is 11.6. The Kier molecular flexibility index (Phi) is 3.97. The van der Waals surface area contributed by atoms with Crippen molar-refractivity contribution in [3.8, 4) is 0 Å². The van der Waals surface area contributed by atoms with Gasteiger partial charge < -0.3 is 9.69 Å². The van der Waals surface area contributed by atoms with Gasteiger partial charge in [-0.3, -0.25) is 9.78 Å². The van der Waals surface area contributed by atoms with Crippen LogP contribution < -0.4 is 4.90 Å². The summed E-state index contributed by atoms with van der Waals surface area (Å²) < 4.78 is 0. The lowest BCUT2D eigenvalue weighted by atomic mass is 10.2. The highest BCUT2D eigenvalue weighted by molar-refractivity contribution is 5.94. The van der Waals surface area contributed by atoms with Gasteiger partial charge in [-0.1, -0.05) is 0 Å². The molecule has 0 saturated carbocycles. The highest BCUT2D eigenvalue weighted by Gasteiger charge is 2.10. The summed E-state index contributed by atoms with van der Waals surface area (Å²) >= 11 is 0. The van der Waals surface area contributed by atoms with Gasteiger partial charge in [0.2, 0.25) is 5.91 Å². The molecule has 1 aromatic rings. The minimum atomic E-state index is -0.0589. The van der Waals surface area contributed by atoms with Crippen LogP contribution in [0.1, 0.15) is 19.8 Å². The number of aromatic nitrogens is 1. The molecule has 80 valence electrons. The first-order valence-corrected chi connectivity index (χ1v) is 4.77. The molecule has 0 spiro atoms. The summed E-state index contributed by atoms with van der Waals surface area (Å²) in [6.45, 7) is 1.49. The van der Waals surface area contributed by atoms with Crippen molar-refractivity contribution in [3.05, 3.63) is 24.5 Å². The van der Waals surface area contributed by atoms with Crippen molar-refractivity contribution in [2.24, 2.45) is 0 Å². The number of carbonyl (C=O) groups excluding carboxylic acids is 2. The summed E-state index contributed by atoms with van der Waals surface area (Å²) in [6, 6.07) is 3.51. The normalized spacial score (nSPS) is 9.73. The molecule has 1 rings (SSSR count). The van der Waals surface area contributed by atoms with Crippen molar-refractivity contribution in [1.29, 1.82) is 0 Å². The average Bonchev–Trinajstić information content (AvgIpc) is 2.26. The van der Waals surface area contributed by atoms with Gasteiger partial charge in [-0.15, -0.1) is 0 Å². The van der Waals surface area contributed by atoms with Crippen molar-refractivity contribution < 1.29 is 9.59 Å². The van der Waals surface area contributed by atoms with Crippen LogP contribution in [0.2, 0.25) is 0 Å². The number of anilines is 1. The van der Waals surface area contributed by atoms with Gasteiger partial charge in [-0.25, -0.2) is 0 Å². The Morgan fingerprint density at radius 1 is 1.27 bits per heavy atom. The number of hydrogen-bond donors (Lipinski definition) is 0. The molecule has 0 fully saturated rings. The monoisotopic (exact) mass is 206 g/mol. The Labute approximate surface area is 88.9 Å². The van der Waals surface area contributed by atoms with Gasteiger partial charge in [0.25, 0.3) is 0 Å². The van der Waals surface area contributed by atoms with E-state index in [1.165, 1.54) is 11.8 Å². The van der Waals surface area contributed by atoms with E-state index in [1.54, 1.807) is 31.6 Å². The van der Waals surface area contributed by atoms with Crippen LogP contribution >= 0.6 is 0 Å². The van der Waals surface area contributed by atoms with Gasteiger partial charge in [0.15, 0.2) is 0 Å². The van der Waals surface area contributed by atoms with E-state index in [0.717, 1.165) is 5.69 Å². The van der Waals surface area contributed by atoms with E-state index in [1.807, 2.05) is 0 Å². The summed E-state index contributed by atoms with van der Waals surface area (Å²) in [5, 5.41) is 0. The van der Waals surface area contributed by atoms with Crippen LogP contribution in [0.5, 0.6) is 0 Å². The summed E-state index contributed by atoms with van der Waals surface area (Å²) in [5.41, 5.74) is 0.790. The fraction of sp³-hybridized carbons (Fsp3) is 0.364. The van der Waals surface area contributed by atoms with Crippen molar-refractivity contribution >= 4 is 17.4 Å². The molecule has 0 radical (unpaired) electrons. The van der Waals surface area contributed by atoms with E-state index in [2.05, 4.69) is 4.98 Å². The first-order valence-electron chi connectivity index (χ1n) is 4.77. The van der Waals surface area contributed by atoms with Crippen LogP contribution in [0.4, 0.5) is 5.69 Å². The highest BCUT2D eigenvalue weighted by atomic mass is 16.2. The second-order valence-electron chi connectivity index (χ2n) is 3.36. The first-order chi connectivity index (χ1) is 7.11. The molecule has 1 heterocycles. The lowest BCUT2D eigenvalue weighted by molar-refractivity contribution is -0.122. The van der Waals surface area contributed by atoms with Gasteiger partial charge in [0.05, 0.1) is 0 Å². The molecule has 0 aliphatic carbocycles. The summed E-state index contributed by atoms with van der Waals surface area (Å²) in [7, 11) is 1.69. The number of amides is 1. The van der Waals surface area contributed by atoms with Gasteiger partial charge in [0.1, 0.15) is 5.78 Å². The smallest absolute Gasteiger partial charge is 0.227 e. The maximum Gasteiger partial charge on any atom is 0.227 e. The Balaban J connectivity index is 2.57. The number of ketones is 1. The van der Waals surface area contributed by atoms with E-state index < -0.39 is 0 Å². The van der Waals surface area contributed by atoms with E-state index >= 15 is 0 Å². The number of rotatable bonds is 4. The van der Waals surface area contributed by atoms with Crippen LogP contribution in [0, 0.1) is 0 Å². The molecule has 0 atom stereocenters. The fourth-order valence-corrected chi connectivity index (χ4v) is 1.16. The van der Waals surface area contributed by atoms with Crippen LogP contribution in [-0.2, 0) is 9.59 Å². The molecule has 0 unspecified atom stereocenters. The van der Waals surface area contributed by atoms with Crippen molar-refractivity contribution in [3.63, 3.8) is 0 Å². The Hall–Kier alpha value is -1.71. The Bertz CT molecular complexity index is 349. The van der Waals surface area contributed by atoms with Crippen molar-refractivity contribution in [2.75, 3.05) is 11.9 Å². The van der Waals surface area contributed by atoms with Crippen molar-refractivity contribution in [1.82, 2.24) is 4.98 Å². The maximum atomic E-state index is 11.6. The summed E-state index contributed by atoms with van der Waals surface area (Å²) in [5.74, 6) is -0.0251. The Morgan fingerprint density at radius 3 is 2.40 bits per heavy atom. The number of Topliss-reactive ketones (excluding diaryl/α,β-unsaturated/α-hetero) is 1. The van der Waals surface area contributed by atoms with E-state index in [-0.39, 0.29) is 18.1 Å². The highest BCUT2D eigenvalue weighted by Crippen LogP contribution is 2.11. The molecule has 0 bridgehead atoms. The molecule has 4 nitrogen and oxygen atoms in total. The quantitative estimate of drug-likeness (QED) is 0.748. The molecule has 15 heavy (non-hydrogen) atoms. The molecule has 0 aromatic carbocycles. The summed E-state index contributed by atoms with van der Waals surface area (Å²) in [4.78, 5) is 27.7. The zero-order chi connectivity index (χ0) is 11.3. The zero-order valence-electron chi connectivity index (χ0n) is 8.93. The molecule has 0 N–H and O–H groups in total. The van der Waals surface area contributed by atoms with Gasteiger partial charge >= 0.3 is 0 Å². The fourth-order valence-electron chi connectivity index (χ4n) is 1.16. The first kappa shape index (κ1) is 11.4. The third-order valence-corrected chi connectivity index (χ3v) is 2.12. The minimum absolute atomic E-state index is 0.0338. The second kappa shape index (κ2) is 5.24.